The molecule has 0 spiro atoms. The molecule has 0 aromatic carbocycles. The maximum absolute atomic E-state index is 11.9. The molecule has 0 radical (unpaired) electrons. The van der Waals surface area contributed by atoms with Crippen molar-refractivity contribution in [2.75, 3.05) is 6.54 Å². The lowest BCUT2D eigenvalue weighted by Gasteiger charge is -2.26. The number of nitrogens with two attached hydrogens (primary N) is 1. The second-order valence-electron chi connectivity index (χ2n) is 4.87. The summed E-state index contributed by atoms with van der Waals surface area (Å²) in [6.07, 6.45) is 3.50. The number of amides is 2. The Labute approximate surface area is 107 Å². The fourth-order valence-corrected chi connectivity index (χ4v) is 2.22. The number of hydrogen-bond donors (Lipinski definition) is 1. The van der Waals surface area contributed by atoms with Gasteiger partial charge in [0.1, 0.15) is 11.9 Å². The number of aliphatic imine (C=N–C) groups is 1. The lowest BCUT2D eigenvalue weighted by Crippen LogP contribution is -2.36. The van der Waals surface area contributed by atoms with Gasteiger partial charge in [-0.15, -0.1) is 0 Å². The second-order valence-corrected chi connectivity index (χ2v) is 4.87. The average molecular weight is 249 g/mol. The highest BCUT2D eigenvalue weighted by atomic mass is 16.2. The minimum atomic E-state index is -0.276. The zero-order valence-corrected chi connectivity index (χ0v) is 11.0. The van der Waals surface area contributed by atoms with Crippen LogP contribution in [0.4, 0.5) is 4.79 Å². The van der Waals surface area contributed by atoms with Crippen LogP contribution in [0.15, 0.2) is 17.5 Å². The summed E-state index contributed by atoms with van der Waals surface area (Å²) in [6, 6.07) is -0.530. The average Bonchev–Trinajstić information content (AvgIpc) is 2.84. The van der Waals surface area contributed by atoms with E-state index in [0.29, 0.717) is 18.3 Å². The first kappa shape index (κ1) is 12.6. The van der Waals surface area contributed by atoms with E-state index in [4.69, 9.17) is 5.73 Å². The van der Waals surface area contributed by atoms with E-state index in [9.17, 15) is 4.79 Å². The van der Waals surface area contributed by atoms with Gasteiger partial charge < -0.3 is 15.2 Å². The van der Waals surface area contributed by atoms with Gasteiger partial charge in [-0.2, -0.15) is 4.99 Å². The Morgan fingerprint density at radius 1 is 1.50 bits per heavy atom. The quantitative estimate of drug-likeness (QED) is 0.876. The lowest BCUT2D eigenvalue weighted by atomic mass is 10.1. The van der Waals surface area contributed by atoms with Gasteiger partial charge in [-0.05, 0) is 12.8 Å². The van der Waals surface area contributed by atoms with E-state index < -0.39 is 0 Å². The number of carbonyl (C=O) groups excluding carboxylic acids is 1. The third-order valence-corrected chi connectivity index (χ3v) is 2.99. The lowest BCUT2D eigenvalue weighted by molar-refractivity contribution is 0.197. The Hall–Kier alpha value is -1.85. The van der Waals surface area contributed by atoms with E-state index in [-0.39, 0.29) is 12.1 Å². The third kappa shape index (κ3) is 2.10. The summed E-state index contributed by atoms with van der Waals surface area (Å²) >= 11 is 0. The molecule has 6 heteroatoms. The summed E-state index contributed by atoms with van der Waals surface area (Å²) in [5, 5.41) is 0. The van der Waals surface area contributed by atoms with Gasteiger partial charge in [0.05, 0.1) is 18.2 Å². The second kappa shape index (κ2) is 4.80. The van der Waals surface area contributed by atoms with Crippen LogP contribution in [0.1, 0.15) is 32.5 Å². The molecule has 2 amide bonds. The Morgan fingerprint density at radius 3 is 2.83 bits per heavy atom. The van der Waals surface area contributed by atoms with Crippen molar-refractivity contribution < 1.29 is 4.79 Å². The van der Waals surface area contributed by atoms with Crippen LogP contribution < -0.4 is 5.73 Å². The molecule has 6 nitrogen and oxygen atoms in total. The van der Waals surface area contributed by atoms with Crippen molar-refractivity contribution in [1.82, 2.24) is 14.5 Å². The predicted octanol–water partition coefficient (Wildman–Crippen LogP) is 1.39. The molecule has 1 aromatic rings. The molecule has 0 aliphatic carbocycles. The standard InChI is InChI=1S/C12H19N5O/c1-4-16-7-14-5-9(16)10-11(13)15-12(18)17(10)6-8(2)3/h5,7-8,10H,4,6H2,1-3H3,(H2,13,15,18). The molecule has 2 heterocycles. The van der Waals surface area contributed by atoms with E-state index in [1.807, 2.05) is 11.5 Å². The van der Waals surface area contributed by atoms with Gasteiger partial charge in [-0.25, -0.2) is 9.78 Å². The van der Waals surface area contributed by atoms with Gasteiger partial charge in [0, 0.05) is 13.1 Å². The first-order valence-corrected chi connectivity index (χ1v) is 6.19. The molecular formula is C12H19N5O. The number of aromatic nitrogens is 2. The van der Waals surface area contributed by atoms with Crippen LogP contribution in [0.25, 0.3) is 0 Å². The number of amidine groups is 1. The van der Waals surface area contributed by atoms with Crippen molar-refractivity contribution >= 4 is 11.9 Å². The van der Waals surface area contributed by atoms with Crippen molar-refractivity contribution in [3.8, 4) is 0 Å². The number of hydrogen-bond acceptors (Lipinski definition) is 3. The summed E-state index contributed by atoms with van der Waals surface area (Å²) in [4.78, 5) is 21.6. The van der Waals surface area contributed by atoms with Crippen LogP contribution in [0, 0.1) is 5.92 Å². The molecule has 0 bridgehead atoms. The summed E-state index contributed by atoms with van der Waals surface area (Å²) in [6.45, 7) is 7.60. The van der Waals surface area contributed by atoms with Crippen molar-refractivity contribution in [2.24, 2.45) is 16.6 Å². The SMILES string of the molecule is CCn1cncc1C1C(N)=NC(=O)N1CC(C)C. The van der Waals surface area contributed by atoms with Gasteiger partial charge in [0.15, 0.2) is 0 Å². The first-order chi connectivity index (χ1) is 8.54. The van der Waals surface area contributed by atoms with Crippen LogP contribution >= 0.6 is 0 Å². The maximum Gasteiger partial charge on any atom is 0.346 e. The Morgan fingerprint density at radius 2 is 2.22 bits per heavy atom. The summed E-state index contributed by atoms with van der Waals surface area (Å²) in [7, 11) is 0. The molecule has 0 fully saturated rings. The number of aryl methyl sites for hydroxylation is 1. The van der Waals surface area contributed by atoms with Gasteiger partial charge >= 0.3 is 6.03 Å². The van der Waals surface area contributed by atoms with Gasteiger partial charge in [0.25, 0.3) is 0 Å². The van der Waals surface area contributed by atoms with Crippen molar-refractivity contribution in [3.05, 3.63) is 18.2 Å². The number of nitrogens with zero attached hydrogens (tertiary/aromatic N) is 4. The van der Waals surface area contributed by atoms with Crippen molar-refractivity contribution in [3.63, 3.8) is 0 Å². The zero-order valence-electron chi connectivity index (χ0n) is 11.0. The Kier molecular flexibility index (Phi) is 3.36. The third-order valence-electron chi connectivity index (χ3n) is 2.99. The summed E-state index contributed by atoms with van der Waals surface area (Å²) < 4.78 is 1.99. The largest absolute Gasteiger partial charge is 0.385 e. The van der Waals surface area contributed by atoms with E-state index in [1.165, 1.54) is 0 Å². The van der Waals surface area contributed by atoms with Crippen LogP contribution in [-0.4, -0.2) is 32.9 Å². The monoisotopic (exact) mass is 249 g/mol. The number of urea groups is 1. The van der Waals surface area contributed by atoms with E-state index in [2.05, 4.69) is 23.8 Å². The van der Waals surface area contributed by atoms with Crippen LogP contribution in [-0.2, 0) is 6.54 Å². The molecule has 1 aliphatic rings. The number of carbonyl (C=O) groups is 1. The fourth-order valence-electron chi connectivity index (χ4n) is 2.22. The normalized spacial score (nSPS) is 19.8. The molecule has 1 atom stereocenters. The molecule has 0 saturated heterocycles. The minimum absolute atomic E-state index is 0.255. The summed E-state index contributed by atoms with van der Waals surface area (Å²) in [5.41, 5.74) is 6.82. The van der Waals surface area contributed by atoms with Crippen LogP contribution in [0.3, 0.4) is 0 Å². The Bertz CT molecular complexity index is 477. The highest BCUT2D eigenvalue weighted by molar-refractivity contribution is 6.03. The van der Waals surface area contributed by atoms with Gasteiger partial charge in [0.2, 0.25) is 0 Å². The highest BCUT2D eigenvalue weighted by Crippen LogP contribution is 2.27. The highest BCUT2D eigenvalue weighted by Gasteiger charge is 2.36. The first-order valence-electron chi connectivity index (χ1n) is 6.19. The zero-order chi connectivity index (χ0) is 13.3. The molecule has 1 unspecified atom stereocenters. The molecule has 0 saturated carbocycles. The smallest absolute Gasteiger partial charge is 0.346 e. The van der Waals surface area contributed by atoms with Gasteiger partial charge in [-0.3, -0.25) is 0 Å². The molecule has 1 aliphatic heterocycles. The fraction of sp³-hybridized carbons (Fsp3) is 0.583. The van der Waals surface area contributed by atoms with E-state index in [1.54, 1.807) is 17.4 Å². The van der Waals surface area contributed by atoms with E-state index in [0.717, 1.165) is 12.2 Å². The molecule has 2 rings (SSSR count). The number of rotatable bonds is 4. The number of imidazole rings is 1. The van der Waals surface area contributed by atoms with E-state index >= 15 is 0 Å². The van der Waals surface area contributed by atoms with Gasteiger partial charge in [-0.1, -0.05) is 13.8 Å². The van der Waals surface area contributed by atoms with Crippen LogP contribution in [0.2, 0.25) is 0 Å². The van der Waals surface area contributed by atoms with Crippen LogP contribution in [0.5, 0.6) is 0 Å². The Balaban J connectivity index is 2.34. The molecule has 98 valence electrons. The molecule has 2 N–H and O–H groups in total. The topological polar surface area (TPSA) is 76.5 Å². The maximum atomic E-state index is 11.9. The predicted molar refractivity (Wildman–Crippen MR) is 69.2 cm³/mol. The summed E-state index contributed by atoms with van der Waals surface area (Å²) in [5.74, 6) is 0.728. The van der Waals surface area contributed by atoms with Crippen molar-refractivity contribution in [1.29, 1.82) is 0 Å². The molecule has 1 aromatic heterocycles. The van der Waals surface area contributed by atoms with Crippen molar-refractivity contribution in [2.45, 2.75) is 33.4 Å². The minimum Gasteiger partial charge on any atom is -0.385 e. The molecular weight excluding hydrogens is 230 g/mol. The molecule has 18 heavy (non-hydrogen) atoms.